The maximum atomic E-state index is 4.63. The maximum Gasteiger partial charge on any atom is 0.105 e. The fourth-order valence-corrected chi connectivity index (χ4v) is 3.83. The standard InChI is InChI=1S/C15H15BrN4S/c1-2-17-14(15-12(16)8-9-21-15)13-10-18-20(19-13)11-6-4-3-5-7-11/h3-10,14,17H,2H2,1H3. The highest BCUT2D eigenvalue weighted by Crippen LogP contribution is 2.32. The molecule has 0 spiro atoms. The fourth-order valence-electron chi connectivity index (χ4n) is 2.14. The van der Waals surface area contributed by atoms with Gasteiger partial charge in [0.25, 0.3) is 0 Å². The fraction of sp³-hybridized carbons (Fsp3) is 0.200. The lowest BCUT2D eigenvalue weighted by Crippen LogP contribution is -2.22. The van der Waals surface area contributed by atoms with E-state index in [1.165, 1.54) is 4.88 Å². The van der Waals surface area contributed by atoms with E-state index < -0.39 is 0 Å². The molecule has 1 aromatic carbocycles. The Hall–Kier alpha value is -1.50. The molecule has 6 heteroatoms. The van der Waals surface area contributed by atoms with Crippen molar-refractivity contribution >= 4 is 27.3 Å². The van der Waals surface area contributed by atoms with Crippen LogP contribution < -0.4 is 5.32 Å². The van der Waals surface area contributed by atoms with Crippen molar-refractivity contribution in [1.29, 1.82) is 0 Å². The summed E-state index contributed by atoms with van der Waals surface area (Å²) in [7, 11) is 0. The highest BCUT2D eigenvalue weighted by molar-refractivity contribution is 9.10. The van der Waals surface area contributed by atoms with E-state index in [0.717, 1.165) is 22.4 Å². The predicted molar refractivity (Wildman–Crippen MR) is 88.9 cm³/mol. The van der Waals surface area contributed by atoms with Crippen LogP contribution in [0.4, 0.5) is 0 Å². The van der Waals surface area contributed by atoms with Crippen molar-refractivity contribution in [2.24, 2.45) is 0 Å². The second-order valence-electron chi connectivity index (χ2n) is 4.52. The van der Waals surface area contributed by atoms with Gasteiger partial charge in [-0.25, -0.2) is 0 Å². The molecule has 1 atom stereocenters. The van der Waals surface area contributed by atoms with Gasteiger partial charge in [0.05, 0.1) is 17.9 Å². The van der Waals surface area contributed by atoms with Crippen LogP contribution in [-0.4, -0.2) is 21.5 Å². The zero-order valence-electron chi connectivity index (χ0n) is 11.5. The number of benzene rings is 1. The lowest BCUT2D eigenvalue weighted by molar-refractivity contribution is 0.611. The Bertz CT molecular complexity index is 707. The molecule has 1 unspecified atom stereocenters. The summed E-state index contributed by atoms with van der Waals surface area (Å²) in [5.41, 5.74) is 1.88. The average molecular weight is 363 g/mol. The van der Waals surface area contributed by atoms with Gasteiger partial charge in [-0.05, 0) is 46.1 Å². The van der Waals surface area contributed by atoms with Gasteiger partial charge >= 0.3 is 0 Å². The summed E-state index contributed by atoms with van der Waals surface area (Å²) in [6.45, 7) is 2.96. The molecule has 21 heavy (non-hydrogen) atoms. The number of hydrogen-bond donors (Lipinski definition) is 1. The minimum atomic E-state index is 0.0573. The van der Waals surface area contributed by atoms with Crippen LogP contribution in [0.5, 0.6) is 0 Å². The first kappa shape index (κ1) is 14.4. The minimum Gasteiger partial charge on any atom is -0.304 e. The molecule has 0 saturated carbocycles. The van der Waals surface area contributed by atoms with Gasteiger partial charge < -0.3 is 5.32 Å². The van der Waals surface area contributed by atoms with E-state index in [1.54, 1.807) is 16.1 Å². The molecule has 0 saturated heterocycles. The normalized spacial score (nSPS) is 12.5. The summed E-state index contributed by atoms with van der Waals surface area (Å²) in [5.74, 6) is 0. The molecule has 1 N–H and O–H groups in total. The zero-order valence-corrected chi connectivity index (χ0v) is 13.9. The first-order valence-corrected chi connectivity index (χ1v) is 8.40. The summed E-state index contributed by atoms with van der Waals surface area (Å²) in [6, 6.07) is 12.1. The van der Waals surface area contributed by atoms with Gasteiger partial charge in [0.15, 0.2) is 0 Å². The number of nitrogens with zero attached hydrogens (tertiary/aromatic N) is 3. The molecule has 0 bridgehead atoms. The number of para-hydroxylation sites is 1. The second-order valence-corrected chi connectivity index (χ2v) is 6.32. The van der Waals surface area contributed by atoms with E-state index in [0.29, 0.717) is 0 Å². The third-order valence-electron chi connectivity index (χ3n) is 3.11. The SMILES string of the molecule is CCNC(c1cnn(-c2ccccc2)n1)c1sccc1Br. The third kappa shape index (κ3) is 3.07. The molecule has 2 aromatic heterocycles. The maximum absolute atomic E-state index is 4.63. The number of nitrogens with one attached hydrogen (secondary N) is 1. The van der Waals surface area contributed by atoms with Gasteiger partial charge in [-0.3, -0.25) is 0 Å². The largest absolute Gasteiger partial charge is 0.304 e. The molecule has 3 rings (SSSR count). The highest BCUT2D eigenvalue weighted by Gasteiger charge is 2.20. The van der Waals surface area contributed by atoms with Crippen LogP contribution in [0, 0.1) is 0 Å². The number of hydrogen-bond acceptors (Lipinski definition) is 4. The van der Waals surface area contributed by atoms with E-state index in [1.807, 2.05) is 36.5 Å². The molecule has 0 radical (unpaired) electrons. The van der Waals surface area contributed by atoms with Crippen LogP contribution in [0.1, 0.15) is 23.5 Å². The van der Waals surface area contributed by atoms with E-state index in [2.05, 4.69) is 49.8 Å². The lowest BCUT2D eigenvalue weighted by Gasteiger charge is -2.14. The molecule has 2 heterocycles. The van der Waals surface area contributed by atoms with Gasteiger partial charge in [0.2, 0.25) is 0 Å². The molecular weight excluding hydrogens is 348 g/mol. The first-order chi connectivity index (χ1) is 10.3. The Labute approximate surface area is 135 Å². The Morgan fingerprint density at radius 2 is 2.10 bits per heavy atom. The van der Waals surface area contributed by atoms with Gasteiger partial charge in [-0.1, -0.05) is 25.1 Å². The average Bonchev–Trinajstić information content (AvgIpc) is 3.15. The molecule has 0 aliphatic heterocycles. The molecule has 108 valence electrons. The number of halogens is 1. The van der Waals surface area contributed by atoms with Crippen LogP contribution in [-0.2, 0) is 0 Å². The van der Waals surface area contributed by atoms with Gasteiger partial charge in [0.1, 0.15) is 5.69 Å². The zero-order chi connectivity index (χ0) is 14.7. The van der Waals surface area contributed by atoms with Crippen molar-refractivity contribution in [2.45, 2.75) is 13.0 Å². The molecule has 0 aliphatic rings. The number of thiophene rings is 1. The van der Waals surface area contributed by atoms with Crippen molar-refractivity contribution in [1.82, 2.24) is 20.3 Å². The van der Waals surface area contributed by atoms with E-state index in [-0.39, 0.29) is 6.04 Å². The summed E-state index contributed by atoms with van der Waals surface area (Å²) in [6.07, 6.45) is 1.83. The summed E-state index contributed by atoms with van der Waals surface area (Å²) < 4.78 is 1.10. The van der Waals surface area contributed by atoms with Crippen molar-refractivity contribution < 1.29 is 0 Å². The van der Waals surface area contributed by atoms with Crippen molar-refractivity contribution in [3.63, 3.8) is 0 Å². The first-order valence-electron chi connectivity index (χ1n) is 6.73. The number of rotatable bonds is 5. The highest BCUT2D eigenvalue weighted by atomic mass is 79.9. The Balaban J connectivity index is 1.95. The Kier molecular flexibility index (Phi) is 4.48. The van der Waals surface area contributed by atoms with Crippen LogP contribution in [0.25, 0.3) is 5.69 Å². The van der Waals surface area contributed by atoms with Crippen molar-refractivity contribution in [3.8, 4) is 5.69 Å². The van der Waals surface area contributed by atoms with Gasteiger partial charge in [-0.15, -0.1) is 11.3 Å². The van der Waals surface area contributed by atoms with Crippen LogP contribution >= 0.6 is 27.3 Å². The number of aromatic nitrogens is 3. The van der Waals surface area contributed by atoms with E-state index in [4.69, 9.17) is 0 Å². The second kappa shape index (κ2) is 6.51. The lowest BCUT2D eigenvalue weighted by atomic mass is 10.2. The van der Waals surface area contributed by atoms with Gasteiger partial charge in [-0.2, -0.15) is 15.0 Å². The minimum absolute atomic E-state index is 0.0573. The molecular formula is C15H15BrN4S. The van der Waals surface area contributed by atoms with E-state index in [9.17, 15) is 0 Å². The van der Waals surface area contributed by atoms with Crippen molar-refractivity contribution in [2.75, 3.05) is 6.54 Å². The van der Waals surface area contributed by atoms with Crippen LogP contribution in [0.3, 0.4) is 0 Å². The molecule has 0 aliphatic carbocycles. The third-order valence-corrected chi connectivity index (χ3v) is 5.04. The quantitative estimate of drug-likeness (QED) is 0.750. The molecule has 3 aromatic rings. The Morgan fingerprint density at radius 3 is 2.76 bits per heavy atom. The summed E-state index contributed by atoms with van der Waals surface area (Å²) in [4.78, 5) is 2.89. The molecule has 0 amide bonds. The summed E-state index contributed by atoms with van der Waals surface area (Å²) in [5, 5.41) is 14.6. The predicted octanol–water partition coefficient (Wildman–Crippen LogP) is 3.79. The van der Waals surface area contributed by atoms with E-state index >= 15 is 0 Å². The Morgan fingerprint density at radius 1 is 1.29 bits per heavy atom. The molecule has 4 nitrogen and oxygen atoms in total. The van der Waals surface area contributed by atoms with Crippen LogP contribution in [0.15, 0.2) is 52.4 Å². The topological polar surface area (TPSA) is 42.7 Å². The van der Waals surface area contributed by atoms with Gasteiger partial charge in [0, 0.05) is 9.35 Å². The van der Waals surface area contributed by atoms with Crippen LogP contribution in [0.2, 0.25) is 0 Å². The molecule has 0 fully saturated rings. The van der Waals surface area contributed by atoms with Crippen molar-refractivity contribution in [3.05, 3.63) is 63.0 Å². The monoisotopic (exact) mass is 362 g/mol. The smallest absolute Gasteiger partial charge is 0.105 e. The summed E-state index contributed by atoms with van der Waals surface area (Å²) >= 11 is 5.31.